The van der Waals surface area contributed by atoms with E-state index in [0.717, 1.165) is 26.1 Å². The van der Waals surface area contributed by atoms with Crippen molar-refractivity contribution in [1.29, 1.82) is 0 Å². The molecule has 2 aliphatic rings. The van der Waals surface area contributed by atoms with E-state index in [2.05, 4.69) is 23.3 Å². The molecule has 1 saturated heterocycles. The van der Waals surface area contributed by atoms with Gasteiger partial charge in [-0.25, -0.2) is 4.79 Å². The summed E-state index contributed by atoms with van der Waals surface area (Å²) in [6, 6.07) is 0.672. The average molecular weight is 323 g/mol. The molecule has 1 N–H and O–H groups in total. The number of nitrogens with zero attached hydrogens (tertiary/aromatic N) is 2. The second-order valence-corrected chi connectivity index (χ2v) is 7.80. The lowest BCUT2D eigenvalue weighted by Crippen LogP contribution is -2.44. The number of rotatable bonds is 4. The summed E-state index contributed by atoms with van der Waals surface area (Å²) in [4.78, 5) is 16.3. The van der Waals surface area contributed by atoms with Gasteiger partial charge in [-0.2, -0.15) is 0 Å². The second-order valence-electron chi connectivity index (χ2n) is 7.80. The van der Waals surface area contributed by atoms with Crippen molar-refractivity contribution < 1.29 is 9.53 Å². The molecule has 2 heterocycles. The molecule has 1 unspecified atom stereocenters. The highest BCUT2D eigenvalue weighted by Gasteiger charge is 2.23. The standard InChI is InChI=1S/C18H33N3O2/c1-18(2,3)23-17(22)21-11-8-15(9-12-21)13-19-14-16-7-5-6-10-20(16)4/h8,16,19H,5-7,9-14H2,1-4H3. The zero-order valence-electron chi connectivity index (χ0n) is 15.2. The number of piperidine rings is 1. The molecule has 132 valence electrons. The lowest BCUT2D eigenvalue weighted by atomic mass is 10.0. The highest BCUT2D eigenvalue weighted by Crippen LogP contribution is 2.16. The predicted molar refractivity (Wildman–Crippen MR) is 93.6 cm³/mol. The van der Waals surface area contributed by atoms with Crippen molar-refractivity contribution in [2.75, 3.05) is 39.8 Å². The topological polar surface area (TPSA) is 44.8 Å². The van der Waals surface area contributed by atoms with Crippen LogP contribution in [0.25, 0.3) is 0 Å². The molecule has 5 nitrogen and oxygen atoms in total. The molecule has 0 aliphatic carbocycles. The first-order valence-electron chi connectivity index (χ1n) is 8.92. The third-order valence-corrected chi connectivity index (χ3v) is 4.61. The molecule has 0 aromatic carbocycles. The summed E-state index contributed by atoms with van der Waals surface area (Å²) in [5.74, 6) is 0. The van der Waals surface area contributed by atoms with Gasteiger partial charge in [0.15, 0.2) is 0 Å². The Kier molecular flexibility index (Phi) is 6.48. The third kappa shape index (κ3) is 6.15. The number of hydrogen-bond acceptors (Lipinski definition) is 4. The molecule has 0 radical (unpaired) electrons. The van der Waals surface area contributed by atoms with E-state index in [-0.39, 0.29) is 6.09 Å². The third-order valence-electron chi connectivity index (χ3n) is 4.61. The highest BCUT2D eigenvalue weighted by atomic mass is 16.6. The van der Waals surface area contributed by atoms with E-state index in [1.54, 1.807) is 4.90 Å². The Morgan fingerprint density at radius 1 is 1.35 bits per heavy atom. The molecular weight excluding hydrogens is 290 g/mol. The van der Waals surface area contributed by atoms with Crippen LogP contribution in [0.4, 0.5) is 4.79 Å². The van der Waals surface area contributed by atoms with Gasteiger partial charge in [0.1, 0.15) is 5.60 Å². The fourth-order valence-corrected chi connectivity index (χ4v) is 3.17. The summed E-state index contributed by atoms with van der Waals surface area (Å²) >= 11 is 0. The van der Waals surface area contributed by atoms with Gasteiger partial charge in [-0.05, 0) is 53.6 Å². The zero-order chi connectivity index (χ0) is 16.9. The Morgan fingerprint density at radius 2 is 2.13 bits per heavy atom. The van der Waals surface area contributed by atoms with E-state index in [4.69, 9.17) is 4.74 Å². The molecule has 5 heteroatoms. The van der Waals surface area contributed by atoms with Crippen molar-refractivity contribution in [1.82, 2.24) is 15.1 Å². The first-order valence-corrected chi connectivity index (χ1v) is 8.92. The molecule has 0 aromatic rings. The molecule has 2 rings (SSSR count). The zero-order valence-corrected chi connectivity index (χ0v) is 15.2. The molecule has 0 spiro atoms. The number of amides is 1. The molecule has 1 fully saturated rings. The van der Waals surface area contributed by atoms with Crippen molar-refractivity contribution in [3.63, 3.8) is 0 Å². The summed E-state index contributed by atoms with van der Waals surface area (Å²) in [7, 11) is 2.23. The minimum absolute atomic E-state index is 0.204. The molecular formula is C18H33N3O2. The van der Waals surface area contributed by atoms with Gasteiger partial charge in [0.2, 0.25) is 0 Å². The van der Waals surface area contributed by atoms with E-state index in [0.29, 0.717) is 12.6 Å². The fraction of sp³-hybridized carbons (Fsp3) is 0.833. The van der Waals surface area contributed by atoms with Gasteiger partial charge in [-0.1, -0.05) is 18.1 Å². The molecule has 0 aromatic heterocycles. The quantitative estimate of drug-likeness (QED) is 0.808. The van der Waals surface area contributed by atoms with Gasteiger partial charge < -0.3 is 19.9 Å². The smallest absolute Gasteiger partial charge is 0.410 e. The molecule has 23 heavy (non-hydrogen) atoms. The van der Waals surface area contributed by atoms with Crippen LogP contribution in [0, 0.1) is 0 Å². The van der Waals surface area contributed by atoms with E-state index in [1.807, 2.05) is 20.8 Å². The van der Waals surface area contributed by atoms with Crippen molar-refractivity contribution >= 4 is 6.09 Å². The van der Waals surface area contributed by atoms with Crippen LogP contribution >= 0.6 is 0 Å². The summed E-state index contributed by atoms with van der Waals surface area (Å²) in [6.45, 7) is 10.4. The first kappa shape index (κ1) is 18.3. The molecule has 2 aliphatic heterocycles. The first-order chi connectivity index (χ1) is 10.8. The van der Waals surface area contributed by atoms with Crippen LogP contribution in [0.2, 0.25) is 0 Å². The lowest BCUT2D eigenvalue weighted by molar-refractivity contribution is 0.0265. The van der Waals surface area contributed by atoms with Crippen molar-refractivity contribution in [3.05, 3.63) is 11.6 Å². The van der Waals surface area contributed by atoms with Crippen molar-refractivity contribution in [2.45, 2.75) is 58.1 Å². The summed E-state index contributed by atoms with van der Waals surface area (Å²) in [6.07, 6.45) is 6.89. The Morgan fingerprint density at radius 3 is 2.74 bits per heavy atom. The highest BCUT2D eigenvalue weighted by molar-refractivity contribution is 5.68. The summed E-state index contributed by atoms with van der Waals surface area (Å²) in [5, 5.41) is 3.59. The number of likely N-dealkylation sites (N-methyl/N-ethyl adjacent to an activating group) is 1. The number of carbonyl (C=O) groups excluding carboxylic acids is 1. The predicted octanol–water partition coefficient (Wildman–Crippen LogP) is 2.63. The van der Waals surface area contributed by atoms with Gasteiger partial charge in [-0.15, -0.1) is 0 Å². The maximum atomic E-state index is 12.0. The van der Waals surface area contributed by atoms with E-state index in [9.17, 15) is 4.79 Å². The average Bonchev–Trinajstić information content (AvgIpc) is 2.48. The van der Waals surface area contributed by atoms with Gasteiger partial charge in [0.25, 0.3) is 0 Å². The van der Waals surface area contributed by atoms with Crippen molar-refractivity contribution in [2.24, 2.45) is 0 Å². The number of likely N-dealkylation sites (tertiary alicyclic amines) is 1. The number of hydrogen-bond donors (Lipinski definition) is 1. The van der Waals surface area contributed by atoms with E-state index < -0.39 is 5.60 Å². The Hall–Kier alpha value is -1.07. The van der Waals surface area contributed by atoms with E-state index in [1.165, 1.54) is 31.4 Å². The van der Waals surface area contributed by atoms with Crippen LogP contribution in [-0.2, 0) is 4.74 Å². The number of carbonyl (C=O) groups is 1. The van der Waals surface area contributed by atoms with Crippen LogP contribution in [-0.4, -0.2) is 67.3 Å². The Balaban J connectivity index is 1.69. The van der Waals surface area contributed by atoms with Crippen LogP contribution in [0.3, 0.4) is 0 Å². The normalized spacial score (nSPS) is 23.6. The molecule has 1 atom stereocenters. The van der Waals surface area contributed by atoms with Gasteiger partial charge in [-0.3, -0.25) is 0 Å². The van der Waals surface area contributed by atoms with E-state index >= 15 is 0 Å². The second kappa shape index (κ2) is 8.15. The minimum atomic E-state index is -0.422. The number of nitrogens with one attached hydrogen (secondary N) is 1. The summed E-state index contributed by atoms with van der Waals surface area (Å²) in [5.41, 5.74) is 0.984. The van der Waals surface area contributed by atoms with Crippen LogP contribution < -0.4 is 5.32 Å². The monoisotopic (exact) mass is 323 g/mol. The summed E-state index contributed by atoms with van der Waals surface area (Å²) < 4.78 is 5.42. The Labute approximate surface area is 141 Å². The van der Waals surface area contributed by atoms with Gasteiger partial charge >= 0.3 is 6.09 Å². The fourth-order valence-electron chi connectivity index (χ4n) is 3.17. The largest absolute Gasteiger partial charge is 0.444 e. The van der Waals surface area contributed by atoms with Crippen molar-refractivity contribution in [3.8, 4) is 0 Å². The van der Waals surface area contributed by atoms with Gasteiger partial charge in [0.05, 0.1) is 0 Å². The SMILES string of the molecule is CN1CCCCC1CNCC1=CCN(C(=O)OC(C)(C)C)CC1. The lowest BCUT2D eigenvalue weighted by Gasteiger charge is -2.33. The molecule has 0 bridgehead atoms. The Bertz CT molecular complexity index is 428. The number of ether oxygens (including phenoxy) is 1. The molecule has 0 saturated carbocycles. The maximum Gasteiger partial charge on any atom is 0.410 e. The van der Waals surface area contributed by atoms with Crippen LogP contribution in [0.15, 0.2) is 11.6 Å². The minimum Gasteiger partial charge on any atom is -0.444 e. The van der Waals surface area contributed by atoms with Gasteiger partial charge in [0, 0.05) is 32.2 Å². The molecule has 1 amide bonds. The maximum absolute atomic E-state index is 12.0. The van der Waals surface area contributed by atoms with Crippen LogP contribution in [0.1, 0.15) is 46.5 Å². The van der Waals surface area contributed by atoms with Crippen LogP contribution in [0.5, 0.6) is 0 Å².